The molecule has 0 spiro atoms. The van der Waals surface area contributed by atoms with E-state index < -0.39 is 6.09 Å². The molecule has 1 aliphatic carbocycles. The van der Waals surface area contributed by atoms with Crippen LogP contribution < -0.4 is 15.8 Å². The van der Waals surface area contributed by atoms with Gasteiger partial charge in [0.1, 0.15) is 11.5 Å². The maximum atomic E-state index is 13.1. The van der Waals surface area contributed by atoms with E-state index in [0.717, 1.165) is 31.4 Å². The van der Waals surface area contributed by atoms with Gasteiger partial charge in [-0.1, -0.05) is 12.8 Å². The lowest BCUT2D eigenvalue weighted by atomic mass is 10.1. The second-order valence-corrected chi connectivity index (χ2v) is 8.98. The van der Waals surface area contributed by atoms with Crippen LogP contribution in [0, 0.1) is 0 Å². The standard InChI is InChI=1S/C24H27N7O4/c1-15(32)19-12-16-13-26-23(28-21(16)31(22(19)33)17-4-2-3-5-17)27-20-7-6-18(14-25-20)29-8-10-30(11-9-29)24(34)35/h6-7,12-14,17H,2-5,8-11H2,1H3,(H,34,35)(H,25,26,27,28). The van der Waals surface area contributed by atoms with Crippen LogP contribution in [-0.4, -0.2) is 67.6 Å². The molecule has 11 nitrogen and oxygen atoms in total. The SMILES string of the molecule is CC(=O)c1cc2cnc(Nc3ccc(N4CCN(C(=O)O)CC4)cn3)nc2n(C2CCCC2)c1=O. The summed E-state index contributed by atoms with van der Waals surface area (Å²) in [5, 5.41) is 12.9. The van der Waals surface area contributed by atoms with Gasteiger partial charge in [-0.25, -0.2) is 14.8 Å². The van der Waals surface area contributed by atoms with Crippen LogP contribution in [0.15, 0.2) is 35.4 Å². The number of nitrogens with one attached hydrogen (secondary N) is 1. The monoisotopic (exact) mass is 477 g/mol. The van der Waals surface area contributed by atoms with Gasteiger partial charge in [0.2, 0.25) is 5.95 Å². The molecule has 0 radical (unpaired) electrons. The van der Waals surface area contributed by atoms with Crippen molar-refractivity contribution in [1.29, 1.82) is 0 Å². The number of piperazine rings is 1. The van der Waals surface area contributed by atoms with Crippen LogP contribution in [0.25, 0.3) is 11.0 Å². The number of ketones is 1. The lowest BCUT2D eigenvalue weighted by molar-refractivity contribution is 0.101. The van der Waals surface area contributed by atoms with Gasteiger partial charge in [0.25, 0.3) is 5.56 Å². The maximum absolute atomic E-state index is 13.1. The first-order valence-electron chi connectivity index (χ1n) is 11.8. The van der Waals surface area contributed by atoms with E-state index in [9.17, 15) is 14.4 Å². The molecule has 182 valence electrons. The summed E-state index contributed by atoms with van der Waals surface area (Å²) in [5.74, 6) is 0.599. The van der Waals surface area contributed by atoms with Crippen LogP contribution in [0.4, 0.5) is 22.2 Å². The van der Waals surface area contributed by atoms with Crippen LogP contribution in [-0.2, 0) is 0 Å². The summed E-state index contributed by atoms with van der Waals surface area (Å²) in [6.07, 6.45) is 6.31. The number of carbonyl (C=O) groups is 2. The summed E-state index contributed by atoms with van der Waals surface area (Å²) in [6, 6.07) is 5.33. The highest BCUT2D eigenvalue weighted by Crippen LogP contribution is 2.31. The minimum atomic E-state index is -0.895. The highest BCUT2D eigenvalue weighted by atomic mass is 16.4. The first kappa shape index (κ1) is 22.8. The van der Waals surface area contributed by atoms with E-state index in [1.165, 1.54) is 11.8 Å². The van der Waals surface area contributed by atoms with Gasteiger partial charge in [-0.3, -0.25) is 14.2 Å². The first-order chi connectivity index (χ1) is 16.9. The topological polar surface area (TPSA) is 134 Å². The first-order valence-corrected chi connectivity index (χ1v) is 11.8. The molecular formula is C24H27N7O4. The second-order valence-electron chi connectivity index (χ2n) is 8.98. The number of amides is 1. The van der Waals surface area contributed by atoms with Crippen molar-refractivity contribution in [2.24, 2.45) is 0 Å². The smallest absolute Gasteiger partial charge is 0.407 e. The zero-order valence-corrected chi connectivity index (χ0v) is 19.5. The van der Waals surface area contributed by atoms with Gasteiger partial charge in [0.05, 0.1) is 17.4 Å². The van der Waals surface area contributed by atoms with Gasteiger partial charge < -0.3 is 20.2 Å². The van der Waals surface area contributed by atoms with Crippen molar-refractivity contribution < 1.29 is 14.7 Å². The van der Waals surface area contributed by atoms with Crippen molar-refractivity contribution in [2.75, 3.05) is 36.4 Å². The zero-order valence-electron chi connectivity index (χ0n) is 19.5. The number of aromatic nitrogens is 4. The summed E-state index contributed by atoms with van der Waals surface area (Å²) in [7, 11) is 0. The zero-order chi connectivity index (χ0) is 24.5. The number of Topliss-reactive ketones (excluding diaryl/α,β-unsaturated/α-hetero) is 1. The molecular weight excluding hydrogens is 450 g/mol. The van der Waals surface area contributed by atoms with Gasteiger partial charge in [-0.05, 0) is 38.0 Å². The quantitative estimate of drug-likeness (QED) is 0.532. The van der Waals surface area contributed by atoms with Crippen LogP contribution >= 0.6 is 0 Å². The predicted molar refractivity (Wildman–Crippen MR) is 131 cm³/mol. The van der Waals surface area contributed by atoms with Crippen molar-refractivity contribution in [3.8, 4) is 0 Å². The molecule has 1 saturated heterocycles. The van der Waals surface area contributed by atoms with Crippen LogP contribution in [0.1, 0.15) is 49.0 Å². The van der Waals surface area contributed by atoms with Gasteiger partial charge in [-0.2, -0.15) is 4.98 Å². The Morgan fingerprint density at radius 2 is 1.80 bits per heavy atom. The molecule has 3 aromatic heterocycles. The Labute approximate surface area is 201 Å². The number of nitrogens with zero attached hydrogens (tertiary/aromatic N) is 6. The number of carbonyl (C=O) groups excluding carboxylic acids is 1. The van der Waals surface area contributed by atoms with Crippen LogP contribution in [0.5, 0.6) is 0 Å². The second kappa shape index (κ2) is 9.32. The van der Waals surface area contributed by atoms with E-state index in [0.29, 0.717) is 49.0 Å². The highest BCUT2D eigenvalue weighted by Gasteiger charge is 2.24. The largest absolute Gasteiger partial charge is 0.465 e. The Kier molecular flexibility index (Phi) is 6.06. The van der Waals surface area contributed by atoms with E-state index in [2.05, 4.69) is 25.2 Å². The van der Waals surface area contributed by atoms with Crippen molar-refractivity contribution in [3.05, 3.63) is 46.5 Å². The molecule has 2 aliphatic rings. The average molecular weight is 478 g/mol. The fraction of sp³-hybridized carbons (Fsp3) is 0.417. The third-order valence-electron chi connectivity index (χ3n) is 6.75. The number of pyridine rings is 2. The maximum Gasteiger partial charge on any atom is 0.407 e. The number of anilines is 3. The fourth-order valence-corrected chi connectivity index (χ4v) is 4.85. The van der Waals surface area contributed by atoms with Crippen molar-refractivity contribution in [3.63, 3.8) is 0 Å². The van der Waals surface area contributed by atoms with E-state index in [4.69, 9.17) is 5.11 Å². The van der Waals surface area contributed by atoms with Crippen molar-refractivity contribution in [1.82, 2.24) is 24.4 Å². The molecule has 1 saturated carbocycles. The Hall–Kier alpha value is -4.02. The van der Waals surface area contributed by atoms with E-state index in [1.807, 2.05) is 12.1 Å². The molecule has 0 bridgehead atoms. The van der Waals surface area contributed by atoms with E-state index in [-0.39, 0.29) is 22.9 Å². The van der Waals surface area contributed by atoms with Crippen molar-refractivity contribution in [2.45, 2.75) is 38.6 Å². The van der Waals surface area contributed by atoms with Crippen LogP contribution in [0.3, 0.4) is 0 Å². The summed E-state index contributed by atoms with van der Waals surface area (Å²) in [4.78, 5) is 53.3. The molecule has 0 unspecified atom stereocenters. The molecule has 2 N–H and O–H groups in total. The molecule has 0 atom stereocenters. The molecule has 1 aliphatic heterocycles. The third kappa shape index (κ3) is 4.53. The van der Waals surface area contributed by atoms with E-state index in [1.54, 1.807) is 23.0 Å². The highest BCUT2D eigenvalue weighted by molar-refractivity contribution is 5.96. The number of hydrogen-bond donors (Lipinski definition) is 2. The van der Waals surface area contributed by atoms with Crippen molar-refractivity contribution >= 4 is 40.4 Å². The van der Waals surface area contributed by atoms with E-state index >= 15 is 0 Å². The minimum Gasteiger partial charge on any atom is -0.465 e. The average Bonchev–Trinajstić information content (AvgIpc) is 3.38. The molecule has 35 heavy (non-hydrogen) atoms. The Balaban J connectivity index is 1.39. The summed E-state index contributed by atoms with van der Waals surface area (Å²) >= 11 is 0. The van der Waals surface area contributed by atoms with Gasteiger partial charge >= 0.3 is 6.09 Å². The Morgan fingerprint density at radius 1 is 1.06 bits per heavy atom. The molecule has 5 rings (SSSR count). The lowest BCUT2D eigenvalue weighted by Crippen LogP contribution is -2.48. The molecule has 0 aromatic carbocycles. The number of rotatable bonds is 5. The lowest BCUT2D eigenvalue weighted by Gasteiger charge is -2.34. The summed E-state index contributed by atoms with van der Waals surface area (Å²) in [6.45, 7) is 3.52. The fourth-order valence-electron chi connectivity index (χ4n) is 4.85. The summed E-state index contributed by atoms with van der Waals surface area (Å²) in [5.41, 5.74) is 1.28. The van der Waals surface area contributed by atoms with Gasteiger partial charge in [0.15, 0.2) is 5.78 Å². The molecule has 3 aromatic rings. The molecule has 1 amide bonds. The predicted octanol–water partition coefficient (Wildman–Crippen LogP) is 3.05. The normalized spacial score (nSPS) is 16.6. The molecule has 4 heterocycles. The third-order valence-corrected chi connectivity index (χ3v) is 6.75. The Bertz CT molecular complexity index is 1320. The van der Waals surface area contributed by atoms with Gasteiger partial charge in [-0.15, -0.1) is 0 Å². The number of hydrogen-bond acceptors (Lipinski definition) is 8. The molecule has 2 fully saturated rings. The number of fused-ring (bicyclic) bond motifs is 1. The van der Waals surface area contributed by atoms with Crippen LogP contribution in [0.2, 0.25) is 0 Å². The molecule has 11 heteroatoms. The Morgan fingerprint density at radius 3 is 2.43 bits per heavy atom. The number of carboxylic acid groups (broad SMARTS) is 1. The van der Waals surface area contributed by atoms with Gasteiger partial charge in [0, 0.05) is 43.8 Å². The minimum absolute atomic E-state index is 0.0195. The summed E-state index contributed by atoms with van der Waals surface area (Å²) < 4.78 is 1.67.